The number of amides is 1. The summed E-state index contributed by atoms with van der Waals surface area (Å²) in [6, 6.07) is 9.39. The van der Waals surface area contributed by atoms with Gasteiger partial charge in [0.25, 0.3) is 0 Å². The minimum absolute atomic E-state index is 0.0895. The first kappa shape index (κ1) is 22.2. The Labute approximate surface area is 201 Å². The number of carbonyl (C=O) groups is 1. The standard InChI is InChI=1S/C26H24BF2N3O3/c1-25(2)26(3,4)35-27(34-25)13-8-9-14-16(12-13)19-15(10-11-30-24(19)33)22-21(14)31-23(32-22)20-17(28)6-5-7-18(20)29/h5-12,15,19H,1-4H3,(H,30,33)(H,31,32). The van der Waals surface area contributed by atoms with Gasteiger partial charge in [-0.3, -0.25) is 4.79 Å². The van der Waals surface area contributed by atoms with Crippen molar-refractivity contribution in [3.05, 3.63) is 71.6 Å². The second-order valence-corrected chi connectivity index (χ2v) is 10.3. The topological polar surface area (TPSA) is 76.2 Å². The Kier molecular flexibility index (Phi) is 4.66. The van der Waals surface area contributed by atoms with Crippen molar-refractivity contribution < 1.29 is 22.9 Å². The zero-order valence-electron chi connectivity index (χ0n) is 19.8. The second kappa shape index (κ2) is 7.35. The van der Waals surface area contributed by atoms with Crippen LogP contribution in [0.5, 0.6) is 0 Å². The monoisotopic (exact) mass is 475 g/mol. The molecule has 0 radical (unpaired) electrons. The van der Waals surface area contributed by atoms with Crippen LogP contribution in [-0.2, 0) is 14.1 Å². The van der Waals surface area contributed by atoms with Gasteiger partial charge >= 0.3 is 7.12 Å². The lowest BCUT2D eigenvalue weighted by Gasteiger charge is -2.32. The minimum atomic E-state index is -0.707. The van der Waals surface area contributed by atoms with Crippen molar-refractivity contribution in [3.8, 4) is 22.6 Å². The molecule has 2 atom stereocenters. The van der Waals surface area contributed by atoms with Crippen molar-refractivity contribution in [1.29, 1.82) is 0 Å². The second-order valence-electron chi connectivity index (χ2n) is 10.3. The summed E-state index contributed by atoms with van der Waals surface area (Å²) in [5, 5.41) is 2.79. The van der Waals surface area contributed by atoms with E-state index < -0.39 is 35.9 Å². The van der Waals surface area contributed by atoms with E-state index in [-0.39, 0.29) is 23.2 Å². The van der Waals surface area contributed by atoms with Gasteiger partial charge in [-0.1, -0.05) is 30.3 Å². The van der Waals surface area contributed by atoms with Crippen LogP contribution in [0.1, 0.15) is 50.8 Å². The number of imidazole rings is 1. The number of nitrogens with zero attached hydrogens (tertiary/aromatic N) is 1. The fourth-order valence-corrected chi connectivity index (χ4v) is 5.05. The predicted octanol–water partition coefficient (Wildman–Crippen LogP) is 4.15. The summed E-state index contributed by atoms with van der Waals surface area (Å²) in [5.41, 5.74) is 2.27. The van der Waals surface area contributed by atoms with Crippen LogP contribution in [0, 0.1) is 11.6 Å². The molecule has 9 heteroatoms. The van der Waals surface area contributed by atoms with Crippen molar-refractivity contribution in [1.82, 2.24) is 15.3 Å². The molecule has 1 aliphatic carbocycles. The van der Waals surface area contributed by atoms with Crippen LogP contribution < -0.4 is 10.8 Å². The molecule has 0 bridgehead atoms. The molecule has 3 aliphatic rings. The van der Waals surface area contributed by atoms with E-state index >= 15 is 0 Å². The molecule has 3 heterocycles. The maximum atomic E-state index is 14.5. The fraction of sp³-hybridized carbons (Fsp3) is 0.308. The van der Waals surface area contributed by atoms with Gasteiger partial charge in [-0.25, -0.2) is 13.8 Å². The molecule has 0 spiro atoms. The fourth-order valence-electron chi connectivity index (χ4n) is 5.05. The van der Waals surface area contributed by atoms with Crippen molar-refractivity contribution in [2.45, 2.75) is 50.7 Å². The molecule has 1 aromatic heterocycles. The maximum absolute atomic E-state index is 14.5. The number of aromatic nitrogens is 2. The Morgan fingerprint density at radius 2 is 1.71 bits per heavy atom. The number of hydrogen-bond donors (Lipinski definition) is 2. The highest BCUT2D eigenvalue weighted by Crippen LogP contribution is 2.48. The number of halogens is 2. The van der Waals surface area contributed by atoms with Gasteiger partial charge in [-0.05, 0) is 50.9 Å². The third kappa shape index (κ3) is 3.22. The molecule has 1 fully saturated rings. The lowest BCUT2D eigenvalue weighted by Crippen LogP contribution is -2.41. The molecule has 3 aromatic rings. The average molecular weight is 475 g/mol. The number of benzene rings is 2. The molecule has 0 saturated carbocycles. The smallest absolute Gasteiger partial charge is 0.399 e. The van der Waals surface area contributed by atoms with Crippen LogP contribution in [0.25, 0.3) is 22.6 Å². The van der Waals surface area contributed by atoms with E-state index in [0.29, 0.717) is 11.4 Å². The van der Waals surface area contributed by atoms with Gasteiger partial charge in [0.2, 0.25) is 5.91 Å². The summed E-state index contributed by atoms with van der Waals surface area (Å²) < 4.78 is 41.5. The number of rotatable bonds is 2. The highest BCUT2D eigenvalue weighted by atomic mass is 19.1. The van der Waals surface area contributed by atoms with Crippen molar-refractivity contribution >= 4 is 18.5 Å². The van der Waals surface area contributed by atoms with Crippen LogP contribution in [0.15, 0.2) is 48.7 Å². The van der Waals surface area contributed by atoms with E-state index in [1.165, 1.54) is 18.2 Å². The molecule has 1 saturated heterocycles. The lowest BCUT2D eigenvalue weighted by atomic mass is 9.70. The lowest BCUT2D eigenvalue weighted by molar-refractivity contribution is -0.122. The maximum Gasteiger partial charge on any atom is 0.494 e. The van der Waals surface area contributed by atoms with Crippen LogP contribution in [0.4, 0.5) is 8.78 Å². The molecule has 6 rings (SSSR count). The Balaban J connectivity index is 1.51. The normalized spacial score (nSPS) is 23.5. The van der Waals surface area contributed by atoms with Gasteiger partial charge in [0.1, 0.15) is 17.5 Å². The van der Waals surface area contributed by atoms with E-state index in [2.05, 4.69) is 15.3 Å². The summed E-state index contributed by atoms with van der Waals surface area (Å²) in [6.07, 6.45) is 3.47. The van der Waals surface area contributed by atoms with Crippen molar-refractivity contribution in [2.75, 3.05) is 0 Å². The van der Waals surface area contributed by atoms with Crippen LogP contribution >= 0.6 is 0 Å². The largest absolute Gasteiger partial charge is 0.494 e. The van der Waals surface area contributed by atoms with Gasteiger partial charge in [0.15, 0.2) is 0 Å². The Hall–Kier alpha value is -3.30. The number of carbonyl (C=O) groups excluding carboxylic acids is 1. The Morgan fingerprint density at radius 1 is 1.03 bits per heavy atom. The van der Waals surface area contributed by atoms with E-state index in [4.69, 9.17) is 9.31 Å². The Bertz CT molecular complexity index is 1380. The molecule has 2 unspecified atom stereocenters. The third-order valence-corrected chi connectivity index (χ3v) is 7.63. The van der Waals surface area contributed by atoms with Crippen LogP contribution in [0.3, 0.4) is 0 Å². The first-order chi connectivity index (χ1) is 16.6. The molecule has 178 valence electrons. The van der Waals surface area contributed by atoms with Crippen LogP contribution in [0.2, 0.25) is 0 Å². The van der Waals surface area contributed by atoms with E-state index in [0.717, 1.165) is 16.6 Å². The first-order valence-electron chi connectivity index (χ1n) is 11.6. The van der Waals surface area contributed by atoms with Crippen LogP contribution in [-0.4, -0.2) is 34.2 Å². The summed E-state index contributed by atoms with van der Waals surface area (Å²) in [7, 11) is -0.588. The number of hydrogen-bond acceptors (Lipinski definition) is 4. The van der Waals surface area contributed by atoms with Gasteiger partial charge in [-0.2, -0.15) is 0 Å². The number of nitrogens with one attached hydrogen (secondary N) is 2. The molecule has 2 aliphatic heterocycles. The molecule has 35 heavy (non-hydrogen) atoms. The average Bonchev–Trinajstić information content (AvgIpc) is 3.32. The van der Waals surface area contributed by atoms with Crippen molar-refractivity contribution in [3.63, 3.8) is 0 Å². The number of allylic oxidation sites excluding steroid dienone is 1. The Morgan fingerprint density at radius 3 is 2.40 bits per heavy atom. The zero-order valence-corrected chi connectivity index (χ0v) is 19.8. The molecule has 2 aromatic carbocycles. The van der Waals surface area contributed by atoms with Gasteiger partial charge in [0, 0.05) is 17.7 Å². The number of aromatic amines is 1. The third-order valence-electron chi connectivity index (χ3n) is 7.63. The highest BCUT2D eigenvalue weighted by molar-refractivity contribution is 6.62. The summed E-state index contributed by atoms with van der Waals surface area (Å²) in [5.74, 6) is -2.39. The van der Waals surface area contributed by atoms with Crippen molar-refractivity contribution in [2.24, 2.45) is 0 Å². The molecular weight excluding hydrogens is 451 g/mol. The molecule has 1 amide bonds. The minimum Gasteiger partial charge on any atom is -0.399 e. The van der Waals surface area contributed by atoms with E-state index in [1.807, 2.05) is 52.0 Å². The molecule has 2 N–H and O–H groups in total. The zero-order chi connectivity index (χ0) is 24.7. The summed E-state index contributed by atoms with van der Waals surface area (Å²) in [6.45, 7) is 7.95. The first-order valence-corrected chi connectivity index (χ1v) is 11.6. The molecule has 6 nitrogen and oxygen atoms in total. The van der Waals surface area contributed by atoms with E-state index in [1.54, 1.807) is 6.20 Å². The predicted molar refractivity (Wildman–Crippen MR) is 128 cm³/mol. The molecular formula is C26H24BF2N3O3. The number of fused-ring (bicyclic) bond motifs is 6. The van der Waals surface area contributed by atoms with Gasteiger partial charge < -0.3 is 19.6 Å². The number of H-pyrrole nitrogens is 1. The van der Waals surface area contributed by atoms with E-state index in [9.17, 15) is 13.6 Å². The van der Waals surface area contributed by atoms with Gasteiger partial charge in [0.05, 0.1) is 34.1 Å². The SMILES string of the molecule is CC1(C)OB(c2ccc3c(c2)C2C(=O)NC=CC2c2[nH]c(-c4c(F)cccc4F)nc2-3)OC1(C)C. The summed E-state index contributed by atoms with van der Waals surface area (Å²) in [4.78, 5) is 20.8. The summed E-state index contributed by atoms with van der Waals surface area (Å²) >= 11 is 0. The quantitative estimate of drug-likeness (QED) is 0.547. The van der Waals surface area contributed by atoms with Gasteiger partial charge in [-0.15, -0.1) is 0 Å². The highest BCUT2D eigenvalue weighted by Gasteiger charge is 2.52.